The Balaban J connectivity index is 1.33. The predicted molar refractivity (Wildman–Crippen MR) is 155 cm³/mol. The van der Waals surface area contributed by atoms with Crippen LogP contribution in [0.4, 0.5) is 5.00 Å². The van der Waals surface area contributed by atoms with E-state index in [1.54, 1.807) is 25.3 Å². The minimum absolute atomic E-state index is 0.136. The average molecular weight is 558 g/mol. The summed E-state index contributed by atoms with van der Waals surface area (Å²) in [4.78, 5) is 28.5. The monoisotopic (exact) mass is 557 g/mol. The first-order valence-electron chi connectivity index (χ1n) is 13.0. The molecular formula is C31H31N3O5S. The average Bonchev–Trinajstić information content (AvgIpc) is 3.30. The van der Waals surface area contributed by atoms with Gasteiger partial charge in [0.1, 0.15) is 23.1 Å². The van der Waals surface area contributed by atoms with Crippen LogP contribution in [0.5, 0.6) is 11.5 Å². The van der Waals surface area contributed by atoms with Crippen molar-refractivity contribution in [3.05, 3.63) is 112 Å². The molecule has 0 saturated carbocycles. The van der Waals surface area contributed by atoms with Gasteiger partial charge in [0.15, 0.2) is 0 Å². The number of carboxylic acid groups (broad SMARTS) is 1. The van der Waals surface area contributed by atoms with Crippen molar-refractivity contribution in [3.8, 4) is 11.5 Å². The highest BCUT2D eigenvalue weighted by molar-refractivity contribution is 7.16. The van der Waals surface area contributed by atoms with Crippen LogP contribution in [0, 0.1) is 0 Å². The van der Waals surface area contributed by atoms with Crippen molar-refractivity contribution in [1.82, 2.24) is 10.2 Å². The molecule has 4 aromatic rings. The number of para-hydroxylation sites is 1. The van der Waals surface area contributed by atoms with E-state index in [0.717, 1.165) is 27.3 Å². The lowest BCUT2D eigenvalue weighted by atomic mass is 9.95. The molecule has 9 heteroatoms. The summed E-state index contributed by atoms with van der Waals surface area (Å²) in [6, 6.07) is 24.7. The third-order valence-electron chi connectivity index (χ3n) is 7.05. The quantitative estimate of drug-likeness (QED) is 0.252. The fourth-order valence-corrected chi connectivity index (χ4v) is 6.08. The Morgan fingerprint density at radius 3 is 2.48 bits per heavy atom. The van der Waals surface area contributed by atoms with Gasteiger partial charge in [0.05, 0.1) is 18.2 Å². The summed E-state index contributed by atoms with van der Waals surface area (Å²) >= 11 is 1.33. The van der Waals surface area contributed by atoms with Crippen molar-refractivity contribution in [2.45, 2.75) is 32.2 Å². The Morgan fingerprint density at radius 1 is 1.02 bits per heavy atom. The highest BCUT2D eigenvalue weighted by Gasteiger charge is 2.33. The number of benzene rings is 3. The summed E-state index contributed by atoms with van der Waals surface area (Å²) in [5.74, 6) is 0.00967. The van der Waals surface area contributed by atoms with E-state index in [2.05, 4.69) is 10.2 Å². The van der Waals surface area contributed by atoms with Crippen molar-refractivity contribution in [2.24, 2.45) is 0 Å². The second-order valence-corrected chi connectivity index (χ2v) is 10.8. The number of nitrogens with zero attached hydrogens (tertiary/aromatic N) is 1. The molecule has 1 unspecified atom stereocenters. The van der Waals surface area contributed by atoms with Gasteiger partial charge in [-0.2, -0.15) is 0 Å². The summed E-state index contributed by atoms with van der Waals surface area (Å²) in [7, 11) is 1.63. The lowest BCUT2D eigenvalue weighted by molar-refractivity contribution is 0.0694. The molecule has 1 amide bonds. The third kappa shape index (κ3) is 6.11. The second-order valence-electron chi connectivity index (χ2n) is 9.64. The number of carbonyl (C=O) groups excluding carboxylic acids is 1. The summed E-state index contributed by atoms with van der Waals surface area (Å²) in [6.07, 6.45) is 0.466. The molecule has 1 aromatic heterocycles. The molecule has 2 heterocycles. The second kappa shape index (κ2) is 12.2. The van der Waals surface area contributed by atoms with Crippen LogP contribution >= 0.6 is 11.3 Å². The molecule has 0 radical (unpaired) electrons. The van der Waals surface area contributed by atoms with Gasteiger partial charge in [-0.3, -0.25) is 9.69 Å². The first-order valence-corrected chi connectivity index (χ1v) is 13.8. The van der Waals surface area contributed by atoms with E-state index in [4.69, 9.17) is 15.2 Å². The molecule has 0 spiro atoms. The molecule has 0 aliphatic carbocycles. The van der Waals surface area contributed by atoms with Crippen LogP contribution in [0.15, 0.2) is 78.9 Å². The number of methoxy groups -OCH3 is 1. The maximum absolute atomic E-state index is 13.3. The van der Waals surface area contributed by atoms with E-state index in [0.29, 0.717) is 49.0 Å². The number of ether oxygens (including phenoxy) is 2. The van der Waals surface area contributed by atoms with E-state index in [1.165, 1.54) is 11.3 Å². The lowest BCUT2D eigenvalue weighted by Crippen LogP contribution is -2.47. The van der Waals surface area contributed by atoms with Gasteiger partial charge < -0.3 is 25.6 Å². The molecule has 3 aromatic carbocycles. The minimum Gasteiger partial charge on any atom is -0.497 e. The highest BCUT2D eigenvalue weighted by Crippen LogP contribution is 2.37. The van der Waals surface area contributed by atoms with Crippen LogP contribution in [-0.2, 0) is 26.1 Å². The standard InChI is InChI=1S/C31H31N3O5S/c1-38-23-13-11-20(12-14-23)17-34-18-27-25(28(31(36)37)29(32)40-27)15-22(34)16-33-30(35)24-9-5-6-10-26(24)39-19-21-7-3-2-4-8-21/h2-14,22H,15-19,32H2,1H3,(H,33,35)(H,36,37). The van der Waals surface area contributed by atoms with Crippen molar-refractivity contribution < 1.29 is 24.2 Å². The fourth-order valence-electron chi connectivity index (χ4n) is 4.96. The van der Waals surface area contributed by atoms with Crippen molar-refractivity contribution in [3.63, 3.8) is 0 Å². The first kappa shape index (κ1) is 27.2. The van der Waals surface area contributed by atoms with E-state index < -0.39 is 5.97 Å². The van der Waals surface area contributed by atoms with Crippen LogP contribution in [0.1, 0.15) is 42.3 Å². The lowest BCUT2D eigenvalue weighted by Gasteiger charge is -2.36. The summed E-state index contributed by atoms with van der Waals surface area (Å²) < 4.78 is 11.3. The number of hydrogen-bond acceptors (Lipinski definition) is 7. The number of amides is 1. The number of nitrogen functional groups attached to an aromatic ring is 1. The first-order chi connectivity index (χ1) is 19.4. The molecule has 4 N–H and O–H groups in total. The maximum Gasteiger partial charge on any atom is 0.338 e. The number of hydrogen-bond donors (Lipinski definition) is 3. The van der Waals surface area contributed by atoms with Crippen LogP contribution < -0.4 is 20.5 Å². The minimum atomic E-state index is -1.02. The van der Waals surface area contributed by atoms with Crippen LogP contribution in [0.2, 0.25) is 0 Å². The largest absolute Gasteiger partial charge is 0.497 e. The highest BCUT2D eigenvalue weighted by atomic mass is 32.1. The van der Waals surface area contributed by atoms with E-state index in [1.807, 2.05) is 60.7 Å². The number of fused-ring (bicyclic) bond motifs is 1. The molecule has 8 nitrogen and oxygen atoms in total. The van der Waals surface area contributed by atoms with Gasteiger partial charge in [-0.1, -0.05) is 54.6 Å². The van der Waals surface area contributed by atoms with Crippen LogP contribution in [0.25, 0.3) is 0 Å². The zero-order valence-corrected chi connectivity index (χ0v) is 22.9. The van der Waals surface area contributed by atoms with E-state index in [-0.39, 0.29) is 17.5 Å². The number of anilines is 1. The number of aromatic carboxylic acids is 1. The topological polar surface area (TPSA) is 114 Å². The number of carboxylic acids is 1. The summed E-state index contributed by atoms with van der Waals surface area (Å²) in [5, 5.41) is 13.2. The van der Waals surface area contributed by atoms with Gasteiger partial charge in [0.25, 0.3) is 5.91 Å². The Kier molecular flexibility index (Phi) is 8.33. The summed E-state index contributed by atoms with van der Waals surface area (Å²) in [6.45, 7) is 1.85. The maximum atomic E-state index is 13.3. The smallest absolute Gasteiger partial charge is 0.338 e. The summed E-state index contributed by atoms with van der Waals surface area (Å²) in [5.41, 5.74) is 9.58. The van der Waals surface area contributed by atoms with Crippen molar-refractivity contribution in [1.29, 1.82) is 0 Å². The van der Waals surface area contributed by atoms with Gasteiger partial charge in [0, 0.05) is 30.6 Å². The van der Waals surface area contributed by atoms with Crippen molar-refractivity contribution >= 4 is 28.2 Å². The molecule has 0 fully saturated rings. The molecule has 0 bridgehead atoms. The zero-order chi connectivity index (χ0) is 28.1. The number of thiophene rings is 1. The Hall–Kier alpha value is -4.34. The van der Waals surface area contributed by atoms with Crippen LogP contribution in [0.3, 0.4) is 0 Å². The molecule has 1 aliphatic heterocycles. The number of rotatable bonds is 10. The number of nitrogens with one attached hydrogen (secondary N) is 1. The van der Waals surface area contributed by atoms with E-state index in [9.17, 15) is 14.7 Å². The molecule has 206 valence electrons. The molecule has 1 aliphatic rings. The Labute approximate surface area is 237 Å². The molecule has 0 saturated heterocycles. The SMILES string of the molecule is COc1ccc(CN2Cc3sc(N)c(C(=O)O)c3CC2CNC(=O)c2ccccc2OCc2ccccc2)cc1. The zero-order valence-electron chi connectivity index (χ0n) is 22.1. The van der Waals surface area contributed by atoms with E-state index >= 15 is 0 Å². The molecular weight excluding hydrogens is 526 g/mol. The third-order valence-corrected chi connectivity index (χ3v) is 8.09. The molecule has 40 heavy (non-hydrogen) atoms. The van der Waals surface area contributed by atoms with Crippen LogP contribution in [-0.4, -0.2) is 41.6 Å². The number of nitrogens with two attached hydrogens (primary N) is 1. The van der Waals surface area contributed by atoms with Gasteiger partial charge >= 0.3 is 5.97 Å². The van der Waals surface area contributed by atoms with Crippen molar-refractivity contribution in [2.75, 3.05) is 19.4 Å². The Morgan fingerprint density at radius 2 is 1.75 bits per heavy atom. The Bertz CT molecular complexity index is 1490. The number of carbonyl (C=O) groups is 2. The van der Waals surface area contributed by atoms with Gasteiger partial charge in [-0.05, 0) is 47.4 Å². The van der Waals surface area contributed by atoms with Gasteiger partial charge in [-0.25, -0.2) is 4.79 Å². The molecule has 5 rings (SSSR count). The predicted octanol–water partition coefficient (Wildman–Crippen LogP) is 4.97. The fraction of sp³-hybridized carbons (Fsp3) is 0.226. The molecule has 1 atom stereocenters. The van der Waals surface area contributed by atoms with Gasteiger partial charge in [-0.15, -0.1) is 11.3 Å². The normalized spacial score (nSPS) is 14.8. The van der Waals surface area contributed by atoms with Gasteiger partial charge in [0.2, 0.25) is 0 Å².